The number of aliphatic carboxylic acids is 1. The number of aliphatic hydroxyl groups excluding tert-OH is 2. The molecule has 1 aromatic heterocycles. The summed E-state index contributed by atoms with van der Waals surface area (Å²) in [5.74, 6) is -1.65. The Morgan fingerprint density at radius 2 is 1.52 bits per heavy atom. The fraction of sp³-hybridized carbons (Fsp3) is 0.694. The van der Waals surface area contributed by atoms with Crippen molar-refractivity contribution in [2.75, 3.05) is 0 Å². The zero-order chi connectivity index (χ0) is 30.2. The van der Waals surface area contributed by atoms with Gasteiger partial charge in [-0.05, 0) is 75.0 Å². The molecule has 0 radical (unpaired) electrons. The first-order chi connectivity index (χ1) is 20.3. The van der Waals surface area contributed by atoms with Crippen molar-refractivity contribution in [3.63, 3.8) is 0 Å². The molecule has 0 spiro atoms. The second-order valence-electron chi connectivity index (χ2n) is 13.0. The summed E-state index contributed by atoms with van der Waals surface area (Å²) in [5, 5.41) is 42.4. The standard InChI is InChI=1S/C36H57NO5/c1-2-3-4-5-11-18-32(38)19-12-6-7-13-20-33(35(40)41)34(39)23-25-36(42)24-14-17-29(36)27-31-22-21-30(37-31)26-28-15-9-8-10-16-28/h8-10,15-16,21-22,29,32-34,37-39,42H,2-7,11-14,17-20,23-27H2,1H3,(H,40,41). The van der Waals surface area contributed by atoms with Crippen molar-refractivity contribution in [3.8, 4) is 0 Å². The number of H-pyrrole nitrogens is 1. The molecule has 1 heterocycles. The molecule has 1 fully saturated rings. The van der Waals surface area contributed by atoms with Gasteiger partial charge < -0.3 is 25.4 Å². The highest BCUT2D eigenvalue weighted by Gasteiger charge is 2.41. The van der Waals surface area contributed by atoms with Crippen molar-refractivity contribution >= 4 is 5.97 Å². The Hall–Kier alpha value is -2.15. The molecule has 1 aliphatic carbocycles. The molecule has 0 saturated heterocycles. The maximum atomic E-state index is 12.0. The first kappa shape index (κ1) is 34.3. The van der Waals surface area contributed by atoms with Crippen LogP contribution in [0.3, 0.4) is 0 Å². The van der Waals surface area contributed by atoms with E-state index in [1.807, 2.05) is 18.2 Å². The van der Waals surface area contributed by atoms with Crippen molar-refractivity contribution in [1.29, 1.82) is 0 Å². The Morgan fingerprint density at radius 3 is 2.19 bits per heavy atom. The average molecular weight is 584 g/mol. The first-order valence-electron chi connectivity index (χ1n) is 16.8. The van der Waals surface area contributed by atoms with Gasteiger partial charge in [0.2, 0.25) is 0 Å². The highest BCUT2D eigenvalue weighted by Crippen LogP contribution is 2.41. The van der Waals surface area contributed by atoms with Crippen molar-refractivity contribution in [2.24, 2.45) is 11.8 Å². The summed E-state index contributed by atoms with van der Waals surface area (Å²) in [4.78, 5) is 15.5. The molecule has 1 aromatic carbocycles. The summed E-state index contributed by atoms with van der Waals surface area (Å²) in [5.41, 5.74) is 2.67. The van der Waals surface area contributed by atoms with Crippen LogP contribution in [0, 0.1) is 11.8 Å². The van der Waals surface area contributed by atoms with E-state index >= 15 is 0 Å². The summed E-state index contributed by atoms with van der Waals surface area (Å²) in [6.45, 7) is 2.21. The van der Waals surface area contributed by atoms with E-state index in [1.54, 1.807) is 0 Å². The number of carbonyl (C=O) groups is 1. The van der Waals surface area contributed by atoms with Gasteiger partial charge in [0.05, 0.1) is 23.7 Å². The van der Waals surface area contributed by atoms with Crippen LogP contribution in [0.25, 0.3) is 0 Å². The molecular weight excluding hydrogens is 526 g/mol. The number of rotatable bonds is 22. The third-order valence-electron chi connectivity index (χ3n) is 9.53. The molecule has 6 heteroatoms. The van der Waals surface area contributed by atoms with Gasteiger partial charge in [0.1, 0.15) is 0 Å². The van der Waals surface area contributed by atoms with Gasteiger partial charge in [0, 0.05) is 17.8 Å². The van der Waals surface area contributed by atoms with Gasteiger partial charge in [-0.25, -0.2) is 0 Å². The first-order valence-corrected chi connectivity index (χ1v) is 16.8. The van der Waals surface area contributed by atoms with Gasteiger partial charge in [-0.2, -0.15) is 0 Å². The molecule has 5 atom stereocenters. The van der Waals surface area contributed by atoms with Crippen LogP contribution in [-0.4, -0.2) is 49.2 Å². The monoisotopic (exact) mass is 583 g/mol. The number of unbranched alkanes of at least 4 members (excludes halogenated alkanes) is 7. The lowest BCUT2D eigenvalue weighted by Gasteiger charge is -2.32. The number of carboxylic acids is 1. The predicted octanol–water partition coefficient (Wildman–Crippen LogP) is 7.58. The molecule has 2 aromatic rings. The number of carboxylic acid groups (broad SMARTS) is 1. The van der Waals surface area contributed by atoms with Gasteiger partial charge in [-0.15, -0.1) is 0 Å². The summed E-state index contributed by atoms with van der Waals surface area (Å²) >= 11 is 0. The van der Waals surface area contributed by atoms with Crippen LogP contribution in [0.2, 0.25) is 0 Å². The fourth-order valence-electron chi connectivity index (χ4n) is 6.85. The van der Waals surface area contributed by atoms with Crippen LogP contribution in [0.1, 0.15) is 133 Å². The third-order valence-corrected chi connectivity index (χ3v) is 9.53. The molecule has 42 heavy (non-hydrogen) atoms. The van der Waals surface area contributed by atoms with Crippen LogP contribution < -0.4 is 0 Å². The van der Waals surface area contributed by atoms with E-state index in [0.29, 0.717) is 25.7 Å². The van der Waals surface area contributed by atoms with Crippen molar-refractivity contribution in [2.45, 2.75) is 147 Å². The number of benzene rings is 1. The van der Waals surface area contributed by atoms with Gasteiger partial charge in [-0.1, -0.05) is 101 Å². The molecule has 5 unspecified atom stereocenters. The Kier molecular flexibility index (Phi) is 15.1. The molecular formula is C36H57NO5. The summed E-state index contributed by atoms with van der Waals surface area (Å²) in [6, 6.07) is 14.6. The zero-order valence-corrected chi connectivity index (χ0v) is 26.0. The topological polar surface area (TPSA) is 114 Å². The molecule has 0 bridgehead atoms. The molecule has 5 N–H and O–H groups in total. The number of aromatic nitrogens is 1. The third kappa shape index (κ3) is 11.9. The van der Waals surface area contributed by atoms with Crippen LogP contribution >= 0.6 is 0 Å². The van der Waals surface area contributed by atoms with E-state index in [9.17, 15) is 25.2 Å². The lowest BCUT2D eigenvalue weighted by Crippen LogP contribution is -2.37. The lowest BCUT2D eigenvalue weighted by atomic mass is 9.81. The van der Waals surface area contributed by atoms with E-state index in [2.05, 4.69) is 36.2 Å². The second-order valence-corrected chi connectivity index (χ2v) is 13.0. The van der Waals surface area contributed by atoms with Gasteiger partial charge in [-0.3, -0.25) is 4.79 Å². The van der Waals surface area contributed by atoms with Gasteiger partial charge >= 0.3 is 5.97 Å². The molecule has 6 nitrogen and oxygen atoms in total. The number of aliphatic hydroxyl groups is 3. The molecule has 1 aliphatic rings. The smallest absolute Gasteiger partial charge is 0.309 e. The van der Waals surface area contributed by atoms with Crippen molar-refractivity contribution in [3.05, 3.63) is 59.4 Å². The van der Waals surface area contributed by atoms with Gasteiger partial charge in [0.15, 0.2) is 0 Å². The highest BCUT2D eigenvalue weighted by atomic mass is 16.4. The quantitative estimate of drug-likeness (QED) is 0.0917. The van der Waals surface area contributed by atoms with Gasteiger partial charge in [0.25, 0.3) is 0 Å². The predicted molar refractivity (Wildman–Crippen MR) is 169 cm³/mol. The van der Waals surface area contributed by atoms with Crippen molar-refractivity contribution in [1.82, 2.24) is 4.98 Å². The van der Waals surface area contributed by atoms with Crippen LogP contribution in [-0.2, 0) is 17.6 Å². The molecule has 1 saturated carbocycles. The number of hydrogen-bond acceptors (Lipinski definition) is 4. The minimum atomic E-state index is -0.953. The highest BCUT2D eigenvalue weighted by molar-refractivity contribution is 5.70. The molecule has 0 amide bonds. The van der Waals surface area contributed by atoms with Crippen LogP contribution in [0.5, 0.6) is 0 Å². The fourth-order valence-corrected chi connectivity index (χ4v) is 6.85. The lowest BCUT2D eigenvalue weighted by molar-refractivity contribution is -0.146. The van der Waals surface area contributed by atoms with Crippen LogP contribution in [0.15, 0.2) is 42.5 Å². The number of nitrogens with one attached hydrogen (secondary N) is 1. The Balaban J connectivity index is 1.36. The SMILES string of the molecule is CCCCCCCC(O)CCCCCCC(C(=O)O)C(O)CCC1(O)CCCC1Cc1ccc(Cc2ccccc2)[nH]1. The normalized spacial score (nSPS) is 20.9. The van der Waals surface area contributed by atoms with E-state index < -0.39 is 23.6 Å². The molecule has 236 valence electrons. The summed E-state index contributed by atoms with van der Waals surface area (Å²) < 4.78 is 0. The average Bonchev–Trinajstić information content (AvgIpc) is 3.57. The Labute approximate surface area is 254 Å². The van der Waals surface area contributed by atoms with E-state index in [-0.39, 0.29) is 12.0 Å². The van der Waals surface area contributed by atoms with Crippen LogP contribution in [0.4, 0.5) is 0 Å². The second kappa shape index (κ2) is 18.5. The van der Waals surface area contributed by atoms with E-state index in [4.69, 9.17) is 0 Å². The van der Waals surface area contributed by atoms with Crippen molar-refractivity contribution < 1.29 is 25.2 Å². The number of hydrogen-bond donors (Lipinski definition) is 5. The largest absolute Gasteiger partial charge is 0.481 e. The minimum absolute atomic E-state index is 0.0999. The number of aromatic amines is 1. The van der Waals surface area contributed by atoms with E-state index in [0.717, 1.165) is 82.0 Å². The Morgan fingerprint density at radius 1 is 0.881 bits per heavy atom. The molecule has 0 aliphatic heterocycles. The summed E-state index contributed by atoms with van der Waals surface area (Å²) in [6.07, 6.45) is 15.5. The zero-order valence-electron chi connectivity index (χ0n) is 26.0. The maximum Gasteiger partial charge on any atom is 0.309 e. The minimum Gasteiger partial charge on any atom is -0.481 e. The molecule has 3 rings (SSSR count). The maximum absolute atomic E-state index is 12.0. The van der Waals surface area contributed by atoms with E-state index in [1.165, 1.54) is 31.2 Å². The summed E-state index contributed by atoms with van der Waals surface area (Å²) in [7, 11) is 0. The Bertz CT molecular complexity index is 1010.